The van der Waals surface area contributed by atoms with Gasteiger partial charge in [-0.15, -0.1) is 0 Å². The quantitative estimate of drug-likeness (QED) is 0.460. The first-order chi connectivity index (χ1) is 15.0. The van der Waals surface area contributed by atoms with Gasteiger partial charge in [0.15, 0.2) is 0 Å². The predicted octanol–water partition coefficient (Wildman–Crippen LogP) is 5.94. The zero-order valence-corrected chi connectivity index (χ0v) is 19.4. The van der Waals surface area contributed by atoms with Crippen LogP contribution < -0.4 is 10.6 Å². The summed E-state index contributed by atoms with van der Waals surface area (Å²) in [5.41, 5.74) is 5.52. The van der Waals surface area contributed by atoms with Gasteiger partial charge in [0.1, 0.15) is 12.0 Å². The van der Waals surface area contributed by atoms with E-state index in [9.17, 15) is 4.79 Å². The molecule has 1 aromatic heterocycles. The molecule has 2 heterocycles. The summed E-state index contributed by atoms with van der Waals surface area (Å²) in [4.78, 5) is 21.3. The summed E-state index contributed by atoms with van der Waals surface area (Å²) >= 11 is 0. The highest BCUT2D eigenvalue weighted by Gasteiger charge is 2.29. The van der Waals surface area contributed by atoms with Crippen LogP contribution in [-0.2, 0) is 4.79 Å². The molecule has 0 spiro atoms. The minimum Gasteiger partial charge on any atom is -0.367 e. The van der Waals surface area contributed by atoms with E-state index in [1.54, 1.807) is 0 Å². The number of carbonyl (C=O) groups is 1. The minimum atomic E-state index is 0.0845. The molecule has 1 saturated carbocycles. The maximum atomic E-state index is 12.0. The van der Waals surface area contributed by atoms with Gasteiger partial charge in [-0.3, -0.25) is 9.79 Å². The Morgan fingerprint density at radius 2 is 2.06 bits per heavy atom. The van der Waals surface area contributed by atoms with Gasteiger partial charge in [-0.1, -0.05) is 38.8 Å². The zero-order valence-electron chi connectivity index (χ0n) is 19.4. The highest BCUT2D eigenvalue weighted by atomic mass is 16.2. The number of nitrogens with one attached hydrogen (secondary N) is 2. The molecule has 5 nitrogen and oxygen atoms in total. The monoisotopic (exact) mass is 420 g/mol. The van der Waals surface area contributed by atoms with Crippen molar-refractivity contribution in [1.82, 2.24) is 10.3 Å². The minimum absolute atomic E-state index is 0.0845. The summed E-state index contributed by atoms with van der Waals surface area (Å²) in [5, 5.41) is 6.50. The molecule has 166 valence electrons. The second-order valence-corrected chi connectivity index (χ2v) is 8.60. The summed E-state index contributed by atoms with van der Waals surface area (Å²) in [5.74, 6) is 0.886. The largest absolute Gasteiger partial charge is 0.367 e. The van der Waals surface area contributed by atoms with Crippen LogP contribution in [0.4, 0.5) is 5.82 Å². The fourth-order valence-electron chi connectivity index (χ4n) is 3.58. The van der Waals surface area contributed by atoms with Gasteiger partial charge in [0.05, 0.1) is 0 Å². The van der Waals surface area contributed by atoms with Gasteiger partial charge in [-0.2, -0.15) is 0 Å². The van der Waals surface area contributed by atoms with Crippen LogP contribution in [0.2, 0.25) is 0 Å². The van der Waals surface area contributed by atoms with E-state index < -0.39 is 0 Å². The molecule has 0 radical (unpaired) electrons. The molecule has 1 aliphatic heterocycles. The Kier molecular flexibility index (Phi) is 8.21. The molecule has 2 aliphatic rings. The Morgan fingerprint density at radius 1 is 1.26 bits per heavy atom. The van der Waals surface area contributed by atoms with Crippen molar-refractivity contribution in [3.63, 3.8) is 0 Å². The van der Waals surface area contributed by atoms with Gasteiger partial charge < -0.3 is 10.6 Å². The molecule has 31 heavy (non-hydrogen) atoms. The highest BCUT2D eigenvalue weighted by molar-refractivity contribution is 5.93. The Bertz CT molecular complexity index is 906. The van der Waals surface area contributed by atoms with Crippen molar-refractivity contribution in [2.24, 2.45) is 10.9 Å². The molecule has 1 aliphatic carbocycles. The topological polar surface area (TPSA) is 66.4 Å². The van der Waals surface area contributed by atoms with Crippen molar-refractivity contribution in [3.8, 4) is 0 Å². The van der Waals surface area contributed by atoms with E-state index in [4.69, 9.17) is 4.99 Å². The Morgan fingerprint density at radius 3 is 2.71 bits per heavy atom. The van der Waals surface area contributed by atoms with Crippen molar-refractivity contribution < 1.29 is 4.79 Å². The Labute approximate surface area is 186 Å². The van der Waals surface area contributed by atoms with E-state index in [0.29, 0.717) is 5.82 Å². The zero-order chi connectivity index (χ0) is 22.2. The van der Waals surface area contributed by atoms with Crippen LogP contribution in [0, 0.1) is 12.8 Å². The molecule has 1 atom stereocenters. The first-order valence-corrected chi connectivity index (χ1v) is 11.7. The average molecular weight is 421 g/mol. The number of carbonyl (C=O) groups excluding carboxylic acids is 1. The third-order valence-electron chi connectivity index (χ3n) is 5.73. The molecule has 1 aromatic rings. The van der Waals surface area contributed by atoms with E-state index in [0.717, 1.165) is 60.1 Å². The van der Waals surface area contributed by atoms with Gasteiger partial charge >= 0.3 is 0 Å². The standard InChI is InChI=1S/C26H36N4O/c1-5-7-9-10-21(23-17-28-24(11-8-6-2)29-19(23)4)15-22-16-27-25(14-18(22)3)30-26(31)20-12-13-20/h9-10,14-17,20,24,29H,5-8,11-13H2,1-4H3,(H,27,30,31)/b10-9+,21-15+. The van der Waals surface area contributed by atoms with E-state index in [2.05, 4.69) is 61.5 Å². The number of anilines is 1. The summed E-state index contributed by atoms with van der Waals surface area (Å²) in [6.07, 6.45) is 18.1. The Balaban J connectivity index is 1.83. The fourth-order valence-corrected chi connectivity index (χ4v) is 3.58. The van der Waals surface area contributed by atoms with Crippen molar-refractivity contribution in [3.05, 3.63) is 52.4 Å². The number of allylic oxidation sites excluding steroid dienone is 5. The summed E-state index contributed by atoms with van der Waals surface area (Å²) in [7, 11) is 0. The normalized spacial score (nSPS) is 19.1. The number of aryl methyl sites for hydroxylation is 1. The lowest BCUT2D eigenvalue weighted by Gasteiger charge is -2.23. The summed E-state index contributed by atoms with van der Waals surface area (Å²) < 4.78 is 0. The molecule has 1 fully saturated rings. The number of aromatic nitrogens is 1. The second-order valence-electron chi connectivity index (χ2n) is 8.60. The molecule has 1 amide bonds. The SMILES string of the molecule is CCC/C=C/C(=C\c1cnc(NC(=O)C2CC2)cc1C)C1=C(C)NC(CCCC)N=C1. The molecule has 5 heteroatoms. The lowest BCUT2D eigenvalue weighted by atomic mass is 9.98. The van der Waals surface area contributed by atoms with Crippen LogP contribution in [0.3, 0.4) is 0 Å². The van der Waals surface area contributed by atoms with Crippen LogP contribution in [0.15, 0.2) is 46.3 Å². The van der Waals surface area contributed by atoms with Gasteiger partial charge in [0.2, 0.25) is 5.91 Å². The number of rotatable bonds is 10. The van der Waals surface area contributed by atoms with Crippen molar-refractivity contribution >= 4 is 24.0 Å². The number of pyridine rings is 1. The van der Waals surface area contributed by atoms with Crippen molar-refractivity contribution in [1.29, 1.82) is 0 Å². The van der Waals surface area contributed by atoms with Crippen LogP contribution in [-0.4, -0.2) is 23.3 Å². The first kappa shape index (κ1) is 23.0. The maximum Gasteiger partial charge on any atom is 0.228 e. The van der Waals surface area contributed by atoms with Gasteiger partial charge in [-0.05, 0) is 74.8 Å². The second kappa shape index (κ2) is 11.1. The van der Waals surface area contributed by atoms with E-state index >= 15 is 0 Å². The number of aliphatic imine (C=N–C) groups is 1. The van der Waals surface area contributed by atoms with Gasteiger partial charge in [-0.25, -0.2) is 4.98 Å². The van der Waals surface area contributed by atoms with Crippen LogP contribution in [0.1, 0.15) is 76.8 Å². The number of hydrogen-bond acceptors (Lipinski definition) is 4. The Hall–Kier alpha value is -2.69. The molecule has 1 unspecified atom stereocenters. The van der Waals surface area contributed by atoms with Crippen molar-refractivity contribution in [2.75, 3.05) is 5.32 Å². The third kappa shape index (κ3) is 6.65. The lowest BCUT2D eigenvalue weighted by molar-refractivity contribution is -0.117. The van der Waals surface area contributed by atoms with E-state index in [1.807, 2.05) is 18.5 Å². The van der Waals surface area contributed by atoms with Gasteiger partial charge in [0, 0.05) is 29.6 Å². The molecule has 3 rings (SSSR count). The number of amides is 1. The van der Waals surface area contributed by atoms with Crippen LogP contribution in [0.25, 0.3) is 6.08 Å². The molecule has 0 bridgehead atoms. The number of hydrogen-bond donors (Lipinski definition) is 2. The molecule has 0 aromatic carbocycles. The first-order valence-electron chi connectivity index (χ1n) is 11.7. The maximum absolute atomic E-state index is 12.0. The van der Waals surface area contributed by atoms with Gasteiger partial charge in [0.25, 0.3) is 0 Å². The third-order valence-corrected chi connectivity index (χ3v) is 5.73. The van der Waals surface area contributed by atoms with Crippen LogP contribution >= 0.6 is 0 Å². The fraction of sp³-hybridized carbons (Fsp3) is 0.500. The lowest BCUT2D eigenvalue weighted by Crippen LogP contribution is -2.30. The molecular weight excluding hydrogens is 384 g/mol. The van der Waals surface area contributed by atoms with E-state index in [1.165, 1.54) is 12.8 Å². The highest BCUT2D eigenvalue weighted by Crippen LogP contribution is 2.30. The predicted molar refractivity (Wildman–Crippen MR) is 130 cm³/mol. The molecule has 0 saturated heterocycles. The number of unbranched alkanes of at least 4 members (excludes halogenated alkanes) is 2. The molecule has 2 N–H and O–H groups in total. The van der Waals surface area contributed by atoms with Crippen LogP contribution in [0.5, 0.6) is 0 Å². The summed E-state index contributed by atoms with van der Waals surface area (Å²) in [6, 6.07) is 1.95. The average Bonchev–Trinajstić information content (AvgIpc) is 3.59. The molecular formula is C26H36N4O. The number of nitrogens with zero attached hydrogens (tertiary/aromatic N) is 2. The van der Waals surface area contributed by atoms with Crippen molar-refractivity contribution in [2.45, 2.75) is 78.8 Å². The van der Waals surface area contributed by atoms with E-state index in [-0.39, 0.29) is 18.0 Å². The summed E-state index contributed by atoms with van der Waals surface area (Å²) in [6.45, 7) is 8.58. The smallest absolute Gasteiger partial charge is 0.228 e.